The van der Waals surface area contributed by atoms with Crippen LogP contribution in [0.2, 0.25) is 0 Å². The molecule has 9 nitrogen and oxygen atoms in total. The van der Waals surface area contributed by atoms with Crippen molar-refractivity contribution in [1.29, 1.82) is 0 Å². The van der Waals surface area contributed by atoms with E-state index < -0.39 is 11.8 Å². The lowest BCUT2D eigenvalue weighted by molar-refractivity contribution is 0.0844. The number of carbonyl (C=O) groups is 2. The smallest absolute Gasteiger partial charge is 0.290 e. The molecular formula is C27H26N4O5. The summed E-state index contributed by atoms with van der Waals surface area (Å²) in [5, 5.41) is 4.50. The van der Waals surface area contributed by atoms with Gasteiger partial charge in [-0.1, -0.05) is 24.3 Å². The number of benzene rings is 3. The Morgan fingerprint density at radius 2 is 1.56 bits per heavy atom. The predicted molar refractivity (Wildman–Crippen MR) is 135 cm³/mol. The highest BCUT2D eigenvalue weighted by Gasteiger charge is 2.21. The number of nitrogens with zero attached hydrogens (tertiary/aromatic N) is 2. The highest BCUT2D eigenvalue weighted by Crippen LogP contribution is 2.34. The molecule has 2 N–H and O–H groups in total. The van der Waals surface area contributed by atoms with Gasteiger partial charge in [-0.3, -0.25) is 20.4 Å². The predicted octanol–water partition coefficient (Wildman–Crippen LogP) is 4.03. The zero-order valence-electron chi connectivity index (χ0n) is 20.1. The number of carbonyl (C=O) groups excluding carboxylic acids is 2. The molecule has 0 aliphatic heterocycles. The molecule has 1 heterocycles. The van der Waals surface area contributed by atoms with E-state index >= 15 is 0 Å². The Bertz CT molecular complexity index is 1350. The van der Waals surface area contributed by atoms with E-state index in [0.717, 1.165) is 5.69 Å². The average Bonchev–Trinajstić information content (AvgIpc) is 3.38. The molecule has 0 fully saturated rings. The Kier molecular flexibility index (Phi) is 7.50. The number of rotatable bonds is 8. The normalized spacial score (nSPS) is 10.4. The summed E-state index contributed by atoms with van der Waals surface area (Å²) in [7, 11) is 3.09. The van der Waals surface area contributed by atoms with Crippen LogP contribution in [0.15, 0.2) is 79.0 Å². The summed E-state index contributed by atoms with van der Waals surface area (Å²) < 4.78 is 17.7. The molecule has 1 aromatic heterocycles. The molecule has 0 saturated carbocycles. The molecule has 0 unspecified atom stereocenters. The van der Waals surface area contributed by atoms with Crippen LogP contribution in [-0.4, -0.2) is 42.4 Å². The Morgan fingerprint density at radius 3 is 2.22 bits per heavy atom. The Morgan fingerprint density at radius 1 is 0.861 bits per heavy atom. The fourth-order valence-electron chi connectivity index (χ4n) is 3.58. The van der Waals surface area contributed by atoms with Gasteiger partial charge >= 0.3 is 0 Å². The summed E-state index contributed by atoms with van der Waals surface area (Å²) in [5.41, 5.74) is 7.41. The number of ether oxygens (including phenoxy) is 3. The van der Waals surface area contributed by atoms with Crippen LogP contribution in [-0.2, 0) is 0 Å². The van der Waals surface area contributed by atoms with E-state index in [9.17, 15) is 9.59 Å². The van der Waals surface area contributed by atoms with Crippen molar-refractivity contribution in [2.45, 2.75) is 6.92 Å². The molecule has 9 heteroatoms. The first kappa shape index (κ1) is 24.3. The van der Waals surface area contributed by atoms with Crippen LogP contribution in [0.5, 0.6) is 17.2 Å². The Labute approximate surface area is 208 Å². The van der Waals surface area contributed by atoms with E-state index in [0.29, 0.717) is 40.5 Å². The van der Waals surface area contributed by atoms with Crippen molar-refractivity contribution in [3.63, 3.8) is 0 Å². The van der Waals surface area contributed by atoms with Gasteiger partial charge in [0.25, 0.3) is 11.8 Å². The Hall–Kier alpha value is -4.79. The summed E-state index contributed by atoms with van der Waals surface area (Å²) in [6, 6.07) is 21.3. The van der Waals surface area contributed by atoms with Crippen LogP contribution < -0.4 is 25.1 Å². The van der Waals surface area contributed by atoms with Crippen LogP contribution in [0.4, 0.5) is 0 Å². The minimum Gasteiger partial charge on any atom is -0.494 e. The van der Waals surface area contributed by atoms with E-state index in [1.54, 1.807) is 61.5 Å². The topological polar surface area (TPSA) is 104 Å². The maximum Gasteiger partial charge on any atom is 0.290 e. The highest BCUT2D eigenvalue weighted by molar-refractivity contribution is 6.01. The third-order valence-corrected chi connectivity index (χ3v) is 5.36. The number of hydrogen-bond acceptors (Lipinski definition) is 6. The SMILES string of the molecule is CCOc1ccc(C(=O)NNC(=O)c2nn(-c3ccccc3)cc2-c2ccc(OC)c(OC)c2)cc1. The third kappa shape index (κ3) is 5.30. The lowest BCUT2D eigenvalue weighted by Crippen LogP contribution is -2.42. The number of para-hydroxylation sites is 1. The first-order valence-electron chi connectivity index (χ1n) is 11.2. The standard InChI is InChI=1S/C27H26N4O5/c1-4-36-21-13-10-18(11-14-21)26(32)28-29-27(33)25-22(17-31(30-25)20-8-6-5-7-9-20)19-12-15-23(34-2)24(16-19)35-3/h5-17H,4H2,1-3H3,(H,28,32)(H,29,33). The van der Waals surface area contributed by atoms with Gasteiger partial charge in [0.2, 0.25) is 0 Å². The van der Waals surface area contributed by atoms with Crippen molar-refractivity contribution in [3.8, 4) is 34.1 Å². The monoisotopic (exact) mass is 486 g/mol. The first-order valence-corrected chi connectivity index (χ1v) is 11.2. The molecule has 0 radical (unpaired) electrons. The lowest BCUT2D eigenvalue weighted by atomic mass is 10.1. The molecule has 0 aliphatic carbocycles. The maximum atomic E-state index is 13.2. The van der Waals surface area contributed by atoms with Gasteiger partial charge in [-0.05, 0) is 61.0 Å². The summed E-state index contributed by atoms with van der Waals surface area (Å²) in [6.45, 7) is 2.41. The molecule has 0 aliphatic rings. The van der Waals surface area contributed by atoms with E-state index in [-0.39, 0.29) is 5.69 Å². The molecule has 4 aromatic rings. The molecule has 0 bridgehead atoms. The number of hydrogen-bond donors (Lipinski definition) is 2. The molecule has 0 saturated heterocycles. The highest BCUT2D eigenvalue weighted by atomic mass is 16.5. The molecule has 0 spiro atoms. The molecule has 0 atom stereocenters. The molecular weight excluding hydrogens is 460 g/mol. The van der Waals surface area contributed by atoms with Crippen molar-refractivity contribution in [2.24, 2.45) is 0 Å². The van der Waals surface area contributed by atoms with Crippen LogP contribution in [0.25, 0.3) is 16.8 Å². The van der Waals surface area contributed by atoms with Crippen molar-refractivity contribution in [2.75, 3.05) is 20.8 Å². The summed E-state index contributed by atoms with van der Waals surface area (Å²) in [5.74, 6) is 0.683. The zero-order valence-corrected chi connectivity index (χ0v) is 20.1. The number of aromatic nitrogens is 2. The zero-order chi connectivity index (χ0) is 25.5. The maximum absolute atomic E-state index is 13.2. The van der Waals surface area contributed by atoms with Crippen molar-refractivity contribution in [3.05, 3.63) is 90.3 Å². The van der Waals surface area contributed by atoms with Crippen molar-refractivity contribution < 1.29 is 23.8 Å². The van der Waals surface area contributed by atoms with Gasteiger partial charge in [0.15, 0.2) is 17.2 Å². The van der Waals surface area contributed by atoms with Crippen LogP contribution >= 0.6 is 0 Å². The van der Waals surface area contributed by atoms with E-state index in [4.69, 9.17) is 14.2 Å². The summed E-state index contributed by atoms with van der Waals surface area (Å²) in [6.07, 6.45) is 1.75. The Balaban J connectivity index is 1.61. The van der Waals surface area contributed by atoms with Crippen LogP contribution in [0.1, 0.15) is 27.8 Å². The lowest BCUT2D eigenvalue weighted by Gasteiger charge is -2.10. The van der Waals surface area contributed by atoms with Gasteiger partial charge < -0.3 is 14.2 Å². The number of methoxy groups -OCH3 is 2. The second-order valence-corrected chi connectivity index (χ2v) is 7.61. The van der Waals surface area contributed by atoms with Gasteiger partial charge in [-0.2, -0.15) is 5.10 Å². The van der Waals surface area contributed by atoms with Gasteiger partial charge in [-0.15, -0.1) is 0 Å². The second-order valence-electron chi connectivity index (χ2n) is 7.61. The minimum atomic E-state index is -0.575. The van der Waals surface area contributed by atoms with Gasteiger partial charge in [-0.25, -0.2) is 4.68 Å². The molecule has 3 aromatic carbocycles. The molecule has 4 rings (SSSR count). The van der Waals surface area contributed by atoms with Crippen LogP contribution in [0, 0.1) is 0 Å². The number of nitrogens with one attached hydrogen (secondary N) is 2. The van der Waals surface area contributed by atoms with Crippen molar-refractivity contribution in [1.82, 2.24) is 20.6 Å². The van der Waals surface area contributed by atoms with Crippen molar-refractivity contribution >= 4 is 11.8 Å². The largest absolute Gasteiger partial charge is 0.494 e. The first-order chi connectivity index (χ1) is 17.5. The number of hydrazine groups is 1. The second kappa shape index (κ2) is 11.1. The van der Waals surface area contributed by atoms with Crippen LogP contribution in [0.3, 0.4) is 0 Å². The summed E-state index contributed by atoms with van der Waals surface area (Å²) in [4.78, 5) is 25.7. The van der Waals surface area contributed by atoms with E-state index in [2.05, 4.69) is 16.0 Å². The number of amides is 2. The van der Waals surface area contributed by atoms with Gasteiger partial charge in [0.1, 0.15) is 5.75 Å². The summed E-state index contributed by atoms with van der Waals surface area (Å²) >= 11 is 0. The third-order valence-electron chi connectivity index (χ3n) is 5.36. The fraction of sp³-hybridized carbons (Fsp3) is 0.148. The fourth-order valence-corrected chi connectivity index (χ4v) is 3.58. The minimum absolute atomic E-state index is 0.123. The van der Waals surface area contributed by atoms with Gasteiger partial charge in [0, 0.05) is 17.3 Å². The molecule has 184 valence electrons. The average molecular weight is 487 g/mol. The van der Waals surface area contributed by atoms with E-state index in [1.807, 2.05) is 43.3 Å². The van der Waals surface area contributed by atoms with Gasteiger partial charge in [0.05, 0.1) is 26.5 Å². The molecule has 36 heavy (non-hydrogen) atoms. The quantitative estimate of drug-likeness (QED) is 0.365. The molecule has 2 amide bonds. The van der Waals surface area contributed by atoms with E-state index in [1.165, 1.54) is 0 Å².